The SMILES string of the molecule is Cc1ccc(C(=O)Nc2ncc(N)cc2C)c(C)n1. The highest BCUT2D eigenvalue weighted by Gasteiger charge is 2.12. The summed E-state index contributed by atoms with van der Waals surface area (Å²) >= 11 is 0. The summed E-state index contributed by atoms with van der Waals surface area (Å²) in [6.07, 6.45) is 1.52. The molecule has 0 aliphatic carbocycles. The topological polar surface area (TPSA) is 80.9 Å². The molecule has 2 aromatic heterocycles. The van der Waals surface area contributed by atoms with Gasteiger partial charge in [0.15, 0.2) is 0 Å². The number of nitrogens with zero attached hydrogens (tertiary/aromatic N) is 2. The quantitative estimate of drug-likeness (QED) is 0.863. The second-order valence-electron chi connectivity index (χ2n) is 4.47. The maximum Gasteiger partial charge on any atom is 0.258 e. The summed E-state index contributed by atoms with van der Waals surface area (Å²) in [4.78, 5) is 20.5. The molecule has 5 heteroatoms. The molecule has 0 saturated heterocycles. The predicted octanol–water partition coefficient (Wildman–Crippen LogP) is 2.24. The van der Waals surface area contributed by atoms with E-state index in [4.69, 9.17) is 5.73 Å². The molecule has 0 spiro atoms. The molecule has 0 fully saturated rings. The van der Waals surface area contributed by atoms with Crippen LogP contribution in [0.15, 0.2) is 24.4 Å². The largest absolute Gasteiger partial charge is 0.397 e. The molecule has 0 atom stereocenters. The van der Waals surface area contributed by atoms with E-state index < -0.39 is 0 Å². The zero-order chi connectivity index (χ0) is 14.0. The molecule has 2 aromatic rings. The van der Waals surface area contributed by atoms with Crippen LogP contribution in [0, 0.1) is 20.8 Å². The summed E-state index contributed by atoms with van der Waals surface area (Å²) < 4.78 is 0. The maximum atomic E-state index is 12.2. The van der Waals surface area contributed by atoms with E-state index >= 15 is 0 Å². The van der Waals surface area contributed by atoms with E-state index in [2.05, 4.69) is 15.3 Å². The standard InChI is InChI=1S/C14H16N4O/c1-8-6-11(15)7-16-13(8)18-14(19)12-5-4-9(2)17-10(12)3/h4-7H,15H2,1-3H3,(H,16,18,19). The van der Waals surface area contributed by atoms with Gasteiger partial charge in [0.25, 0.3) is 5.91 Å². The molecular formula is C14H16N4O. The average molecular weight is 256 g/mol. The van der Waals surface area contributed by atoms with Crippen LogP contribution < -0.4 is 11.1 Å². The van der Waals surface area contributed by atoms with Crippen LogP contribution in [-0.4, -0.2) is 15.9 Å². The zero-order valence-corrected chi connectivity index (χ0v) is 11.2. The summed E-state index contributed by atoms with van der Waals surface area (Å²) in [6.45, 7) is 5.55. The smallest absolute Gasteiger partial charge is 0.258 e. The van der Waals surface area contributed by atoms with Crippen molar-refractivity contribution in [2.75, 3.05) is 11.1 Å². The lowest BCUT2D eigenvalue weighted by Crippen LogP contribution is -2.16. The molecule has 0 radical (unpaired) electrons. The van der Waals surface area contributed by atoms with Gasteiger partial charge in [-0.2, -0.15) is 0 Å². The first-order valence-corrected chi connectivity index (χ1v) is 5.95. The number of carbonyl (C=O) groups excluding carboxylic acids is 1. The van der Waals surface area contributed by atoms with Crippen molar-refractivity contribution in [1.29, 1.82) is 0 Å². The number of hydrogen-bond acceptors (Lipinski definition) is 4. The number of nitrogen functional groups attached to an aromatic ring is 1. The number of aryl methyl sites for hydroxylation is 3. The van der Waals surface area contributed by atoms with Gasteiger partial charge in [-0.3, -0.25) is 9.78 Å². The highest BCUT2D eigenvalue weighted by molar-refractivity contribution is 6.04. The van der Waals surface area contributed by atoms with Crippen molar-refractivity contribution in [3.63, 3.8) is 0 Å². The lowest BCUT2D eigenvalue weighted by atomic mass is 10.1. The first-order valence-electron chi connectivity index (χ1n) is 5.95. The number of nitrogens with two attached hydrogens (primary N) is 1. The predicted molar refractivity (Wildman–Crippen MR) is 75.1 cm³/mol. The zero-order valence-electron chi connectivity index (χ0n) is 11.2. The Hall–Kier alpha value is -2.43. The van der Waals surface area contributed by atoms with E-state index in [9.17, 15) is 4.79 Å². The molecule has 2 heterocycles. The van der Waals surface area contributed by atoms with Gasteiger partial charge in [-0.05, 0) is 44.5 Å². The highest BCUT2D eigenvalue weighted by atomic mass is 16.1. The van der Waals surface area contributed by atoms with Crippen LogP contribution in [0.2, 0.25) is 0 Å². The average Bonchev–Trinajstić information content (AvgIpc) is 2.32. The Balaban J connectivity index is 2.25. The number of nitrogens with one attached hydrogen (secondary N) is 1. The third-order valence-corrected chi connectivity index (χ3v) is 2.80. The van der Waals surface area contributed by atoms with Gasteiger partial charge in [0.05, 0.1) is 23.1 Å². The van der Waals surface area contributed by atoms with Crippen molar-refractivity contribution >= 4 is 17.4 Å². The van der Waals surface area contributed by atoms with Crippen LogP contribution in [0.5, 0.6) is 0 Å². The molecule has 5 nitrogen and oxygen atoms in total. The molecule has 0 unspecified atom stereocenters. The molecular weight excluding hydrogens is 240 g/mol. The van der Waals surface area contributed by atoms with Gasteiger partial charge < -0.3 is 11.1 Å². The van der Waals surface area contributed by atoms with Crippen LogP contribution in [0.4, 0.5) is 11.5 Å². The van der Waals surface area contributed by atoms with Gasteiger partial charge in [-0.15, -0.1) is 0 Å². The fraction of sp³-hybridized carbons (Fsp3) is 0.214. The normalized spacial score (nSPS) is 10.3. The third-order valence-electron chi connectivity index (χ3n) is 2.80. The second-order valence-corrected chi connectivity index (χ2v) is 4.47. The second kappa shape index (κ2) is 5.06. The number of pyridine rings is 2. The van der Waals surface area contributed by atoms with Crippen LogP contribution in [0.1, 0.15) is 27.3 Å². The summed E-state index contributed by atoms with van der Waals surface area (Å²) in [7, 11) is 0. The minimum Gasteiger partial charge on any atom is -0.397 e. The van der Waals surface area contributed by atoms with Crippen LogP contribution in [0.3, 0.4) is 0 Å². The lowest BCUT2D eigenvalue weighted by Gasteiger charge is -2.09. The molecule has 1 amide bonds. The number of rotatable bonds is 2. The van der Waals surface area contributed by atoms with E-state index in [1.165, 1.54) is 6.20 Å². The van der Waals surface area contributed by atoms with Crippen molar-refractivity contribution < 1.29 is 4.79 Å². The summed E-state index contributed by atoms with van der Waals surface area (Å²) in [5.74, 6) is 0.296. The van der Waals surface area contributed by atoms with Crippen LogP contribution in [-0.2, 0) is 0 Å². The van der Waals surface area contributed by atoms with E-state index in [1.807, 2.05) is 26.8 Å². The number of hydrogen-bond donors (Lipinski definition) is 2. The molecule has 19 heavy (non-hydrogen) atoms. The van der Waals surface area contributed by atoms with Crippen molar-refractivity contribution in [3.8, 4) is 0 Å². The van der Waals surface area contributed by atoms with Gasteiger partial charge >= 0.3 is 0 Å². The molecule has 0 aliphatic heterocycles. The van der Waals surface area contributed by atoms with Crippen molar-refractivity contribution in [1.82, 2.24) is 9.97 Å². The molecule has 0 aromatic carbocycles. The Kier molecular flexibility index (Phi) is 3.46. The fourth-order valence-electron chi connectivity index (χ4n) is 1.83. The first-order chi connectivity index (χ1) is 8.97. The van der Waals surface area contributed by atoms with Gasteiger partial charge in [-0.1, -0.05) is 0 Å². The molecule has 0 bridgehead atoms. The Morgan fingerprint density at radius 3 is 2.63 bits per heavy atom. The molecule has 0 saturated carbocycles. The van der Waals surface area contributed by atoms with Crippen LogP contribution in [0.25, 0.3) is 0 Å². The van der Waals surface area contributed by atoms with E-state index in [0.29, 0.717) is 22.8 Å². The monoisotopic (exact) mass is 256 g/mol. The Bertz CT molecular complexity index is 637. The summed E-state index contributed by atoms with van der Waals surface area (Å²) in [5, 5.41) is 2.77. The minimum absolute atomic E-state index is 0.217. The number of aromatic nitrogens is 2. The van der Waals surface area contributed by atoms with Gasteiger partial charge in [0.2, 0.25) is 0 Å². The highest BCUT2D eigenvalue weighted by Crippen LogP contribution is 2.16. The number of amides is 1. The van der Waals surface area contributed by atoms with E-state index in [1.54, 1.807) is 12.1 Å². The van der Waals surface area contributed by atoms with Gasteiger partial charge in [0.1, 0.15) is 5.82 Å². The summed E-state index contributed by atoms with van der Waals surface area (Å²) in [6, 6.07) is 5.34. The van der Waals surface area contributed by atoms with Crippen molar-refractivity contribution in [3.05, 3.63) is 46.9 Å². The Morgan fingerprint density at radius 1 is 1.26 bits per heavy atom. The first kappa shape index (κ1) is 13.0. The molecule has 2 rings (SSSR count). The van der Waals surface area contributed by atoms with Crippen LogP contribution >= 0.6 is 0 Å². The third kappa shape index (κ3) is 2.88. The summed E-state index contributed by atoms with van der Waals surface area (Å²) in [5.41, 5.74) is 9.15. The Morgan fingerprint density at radius 2 is 2.00 bits per heavy atom. The Labute approximate surface area is 111 Å². The minimum atomic E-state index is -0.217. The van der Waals surface area contributed by atoms with Crippen molar-refractivity contribution in [2.45, 2.75) is 20.8 Å². The number of carbonyl (C=O) groups is 1. The van der Waals surface area contributed by atoms with Gasteiger partial charge in [0, 0.05) is 5.69 Å². The maximum absolute atomic E-state index is 12.2. The van der Waals surface area contributed by atoms with Crippen molar-refractivity contribution in [2.24, 2.45) is 0 Å². The molecule has 98 valence electrons. The lowest BCUT2D eigenvalue weighted by molar-refractivity contribution is 0.102. The van der Waals surface area contributed by atoms with E-state index in [-0.39, 0.29) is 5.91 Å². The molecule has 3 N–H and O–H groups in total. The van der Waals surface area contributed by atoms with E-state index in [0.717, 1.165) is 11.3 Å². The van der Waals surface area contributed by atoms with Gasteiger partial charge in [-0.25, -0.2) is 4.98 Å². The fourth-order valence-corrected chi connectivity index (χ4v) is 1.83. The molecule has 0 aliphatic rings. The number of anilines is 2.